The minimum absolute atomic E-state index is 0.332. The average Bonchev–Trinajstić information content (AvgIpc) is 2.39. The van der Waals surface area contributed by atoms with Crippen LogP contribution in [-0.4, -0.2) is 44.0 Å². The van der Waals surface area contributed by atoms with E-state index in [0.29, 0.717) is 18.9 Å². The lowest BCUT2D eigenvalue weighted by Crippen LogP contribution is -2.38. The first-order valence-electron chi connectivity index (χ1n) is 6.29. The Kier molecular flexibility index (Phi) is 4.59. The minimum Gasteiger partial charge on any atom is -0.493 e. The number of carbonyl (C=O) groups excluding carboxylic acids is 1. The average molecular weight is 249 g/mol. The number of ether oxygens (including phenoxy) is 2. The smallest absolute Gasteiger partial charge is 0.161 e. The number of Topliss-reactive ketones (excluding diaryl/α,β-unsaturated/α-hetero) is 1. The van der Waals surface area contributed by atoms with Gasteiger partial charge in [-0.05, 0) is 25.1 Å². The summed E-state index contributed by atoms with van der Waals surface area (Å²) in [6.45, 7) is 2.91. The van der Waals surface area contributed by atoms with Crippen LogP contribution in [0.3, 0.4) is 0 Å². The lowest BCUT2D eigenvalue weighted by atomic mass is 10.1. The van der Waals surface area contributed by atoms with Gasteiger partial charge in [0.25, 0.3) is 0 Å². The van der Waals surface area contributed by atoms with Crippen molar-refractivity contribution in [1.82, 2.24) is 4.90 Å². The van der Waals surface area contributed by atoms with E-state index in [2.05, 4.69) is 4.90 Å². The van der Waals surface area contributed by atoms with Crippen LogP contribution in [0.2, 0.25) is 0 Å². The third-order valence-electron chi connectivity index (χ3n) is 3.06. The van der Waals surface area contributed by atoms with E-state index >= 15 is 0 Å². The molecule has 1 saturated heterocycles. The molecule has 1 aliphatic rings. The van der Waals surface area contributed by atoms with Gasteiger partial charge < -0.3 is 9.47 Å². The van der Waals surface area contributed by atoms with E-state index < -0.39 is 0 Å². The van der Waals surface area contributed by atoms with Gasteiger partial charge in [-0.3, -0.25) is 9.69 Å². The molecule has 0 spiro atoms. The molecule has 1 fully saturated rings. The molecular formula is C14H19NO3. The van der Waals surface area contributed by atoms with Crippen LogP contribution in [0.1, 0.15) is 12.8 Å². The molecule has 1 aromatic carbocycles. The fourth-order valence-corrected chi connectivity index (χ4v) is 2.12. The predicted molar refractivity (Wildman–Crippen MR) is 69.2 cm³/mol. The summed E-state index contributed by atoms with van der Waals surface area (Å²) in [5, 5.41) is 0. The zero-order valence-corrected chi connectivity index (χ0v) is 10.7. The zero-order valence-electron chi connectivity index (χ0n) is 10.7. The number of para-hydroxylation sites is 2. The molecule has 0 radical (unpaired) electrons. The number of carbonyl (C=O) groups is 1. The highest BCUT2D eigenvalue weighted by Gasteiger charge is 2.16. The largest absolute Gasteiger partial charge is 0.493 e. The van der Waals surface area contributed by atoms with Crippen LogP contribution in [0.25, 0.3) is 0 Å². The number of hydrogen-bond donors (Lipinski definition) is 0. The van der Waals surface area contributed by atoms with Gasteiger partial charge in [0.05, 0.1) is 13.7 Å². The Labute approximate surface area is 107 Å². The maximum absolute atomic E-state index is 11.3. The summed E-state index contributed by atoms with van der Waals surface area (Å²) in [4.78, 5) is 13.4. The Bertz CT molecular complexity index is 406. The van der Waals surface area contributed by atoms with Crippen LogP contribution >= 0.6 is 0 Å². The van der Waals surface area contributed by atoms with Crippen molar-refractivity contribution in [2.75, 3.05) is 33.4 Å². The number of benzene rings is 1. The van der Waals surface area contributed by atoms with Gasteiger partial charge >= 0.3 is 0 Å². The minimum atomic E-state index is 0.332. The number of ketones is 1. The first-order chi connectivity index (χ1) is 8.79. The second-order valence-electron chi connectivity index (χ2n) is 4.42. The van der Waals surface area contributed by atoms with Crippen molar-refractivity contribution in [2.24, 2.45) is 0 Å². The molecule has 0 unspecified atom stereocenters. The lowest BCUT2D eigenvalue weighted by molar-refractivity contribution is -0.122. The van der Waals surface area contributed by atoms with Gasteiger partial charge in [-0.1, -0.05) is 12.1 Å². The van der Waals surface area contributed by atoms with Crippen molar-refractivity contribution in [3.63, 3.8) is 0 Å². The normalized spacial score (nSPS) is 16.6. The van der Waals surface area contributed by atoms with Crippen molar-refractivity contribution < 1.29 is 14.3 Å². The van der Waals surface area contributed by atoms with Crippen molar-refractivity contribution >= 4 is 5.78 Å². The number of hydrogen-bond acceptors (Lipinski definition) is 4. The number of methoxy groups -OCH3 is 1. The lowest BCUT2D eigenvalue weighted by Gasteiger charge is -2.25. The second kappa shape index (κ2) is 6.40. The first kappa shape index (κ1) is 12.9. The molecule has 18 heavy (non-hydrogen) atoms. The van der Waals surface area contributed by atoms with Gasteiger partial charge in [0.2, 0.25) is 0 Å². The number of rotatable bonds is 5. The van der Waals surface area contributed by atoms with Gasteiger partial charge in [0, 0.05) is 13.0 Å². The summed E-state index contributed by atoms with van der Waals surface area (Å²) >= 11 is 0. The molecule has 0 aromatic heterocycles. The molecule has 2 rings (SSSR count). The maximum atomic E-state index is 11.3. The van der Waals surface area contributed by atoms with Crippen LogP contribution in [0, 0.1) is 0 Å². The Morgan fingerprint density at radius 3 is 2.78 bits per heavy atom. The Balaban J connectivity index is 1.79. The van der Waals surface area contributed by atoms with Crippen molar-refractivity contribution in [3.8, 4) is 11.5 Å². The quantitative estimate of drug-likeness (QED) is 0.796. The van der Waals surface area contributed by atoms with E-state index in [1.807, 2.05) is 24.3 Å². The first-order valence-corrected chi connectivity index (χ1v) is 6.29. The van der Waals surface area contributed by atoms with E-state index in [1.165, 1.54) is 0 Å². The highest BCUT2D eigenvalue weighted by atomic mass is 16.5. The summed E-state index contributed by atoms with van der Waals surface area (Å²) in [5.74, 6) is 1.83. The van der Waals surface area contributed by atoms with E-state index in [-0.39, 0.29) is 0 Å². The Hall–Kier alpha value is -1.55. The molecule has 0 amide bonds. The summed E-state index contributed by atoms with van der Waals surface area (Å²) in [6.07, 6.45) is 1.69. The fraction of sp³-hybridized carbons (Fsp3) is 0.500. The third-order valence-corrected chi connectivity index (χ3v) is 3.06. The van der Waals surface area contributed by atoms with E-state index in [4.69, 9.17) is 9.47 Å². The molecule has 0 N–H and O–H groups in total. The Morgan fingerprint density at radius 1 is 1.28 bits per heavy atom. The van der Waals surface area contributed by atoms with Crippen LogP contribution in [0.5, 0.6) is 11.5 Å². The highest BCUT2D eigenvalue weighted by molar-refractivity contribution is 5.81. The summed E-state index contributed by atoms with van der Waals surface area (Å²) in [7, 11) is 1.63. The third kappa shape index (κ3) is 3.47. The summed E-state index contributed by atoms with van der Waals surface area (Å²) in [6, 6.07) is 7.59. The zero-order chi connectivity index (χ0) is 12.8. The monoisotopic (exact) mass is 249 g/mol. The van der Waals surface area contributed by atoms with Gasteiger partial charge in [0.1, 0.15) is 12.4 Å². The number of piperidine rings is 1. The topological polar surface area (TPSA) is 38.8 Å². The molecule has 98 valence electrons. The Morgan fingerprint density at radius 2 is 2.06 bits per heavy atom. The van der Waals surface area contributed by atoms with Gasteiger partial charge in [-0.25, -0.2) is 0 Å². The summed E-state index contributed by atoms with van der Waals surface area (Å²) in [5.41, 5.74) is 0. The standard InChI is InChI=1S/C14H19NO3/c1-17-13-6-2-3-7-14(13)18-10-9-15-8-4-5-12(16)11-15/h2-3,6-7H,4-5,8-11H2,1H3. The molecule has 0 atom stereocenters. The predicted octanol–water partition coefficient (Wildman–Crippen LogP) is 1.74. The number of likely N-dealkylation sites (tertiary alicyclic amines) is 1. The molecule has 0 aliphatic carbocycles. The van der Waals surface area contributed by atoms with Gasteiger partial charge in [-0.15, -0.1) is 0 Å². The molecule has 1 aromatic rings. The van der Waals surface area contributed by atoms with E-state index in [1.54, 1.807) is 7.11 Å². The van der Waals surface area contributed by atoms with Crippen molar-refractivity contribution in [2.45, 2.75) is 12.8 Å². The van der Waals surface area contributed by atoms with Crippen molar-refractivity contribution in [3.05, 3.63) is 24.3 Å². The summed E-state index contributed by atoms with van der Waals surface area (Å²) < 4.78 is 10.9. The molecular weight excluding hydrogens is 230 g/mol. The SMILES string of the molecule is COc1ccccc1OCCN1CCCC(=O)C1. The van der Waals surface area contributed by atoms with Crippen LogP contribution in [0.4, 0.5) is 0 Å². The molecule has 1 heterocycles. The highest BCUT2D eigenvalue weighted by Crippen LogP contribution is 2.25. The van der Waals surface area contributed by atoms with Gasteiger partial charge in [-0.2, -0.15) is 0 Å². The molecule has 4 heteroatoms. The van der Waals surface area contributed by atoms with Crippen molar-refractivity contribution in [1.29, 1.82) is 0 Å². The van der Waals surface area contributed by atoms with Crippen LogP contribution < -0.4 is 9.47 Å². The molecule has 4 nitrogen and oxygen atoms in total. The van der Waals surface area contributed by atoms with E-state index in [0.717, 1.165) is 37.4 Å². The van der Waals surface area contributed by atoms with E-state index in [9.17, 15) is 4.79 Å². The second-order valence-corrected chi connectivity index (χ2v) is 4.42. The van der Waals surface area contributed by atoms with Crippen LogP contribution in [-0.2, 0) is 4.79 Å². The molecule has 0 saturated carbocycles. The molecule has 1 aliphatic heterocycles. The number of nitrogens with zero attached hydrogens (tertiary/aromatic N) is 1. The maximum Gasteiger partial charge on any atom is 0.161 e. The molecule has 0 bridgehead atoms. The van der Waals surface area contributed by atoms with Crippen LogP contribution in [0.15, 0.2) is 24.3 Å². The van der Waals surface area contributed by atoms with Gasteiger partial charge in [0.15, 0.2) is 11.5 Å². The fourth-order valence-electron chi connectivity index (χ4n) is 2.12.